The average molecular weight is 203 g/mol. The maximum atomic E-state index is 5.70. The Morgan fingerprint density at radius 3 is 2.73 bits per heavy atom. The van der Waals surface area contributed by atoms with Gasteiger partial charge >= 0.3 is 0 Å². The Hall–Kier alpha value is -2.04. The van der Waals surface area contributed by atoms with E-state index in [0.29, 0.717) is 18.0 Å². The Kier molecular flexibility index (Phi) is 2.53. The monoisotopic (exact) mass is 203 g/mol. The van der Waals surface area contributed by atoms with E-state index in [9.17, 15) is 0 Å². The highest BCUT2D eigenvalue weighted by atomic mass is 16.5. The molecule has 0 unspecified atom stereocenters. The first-order valence-electron chi connectivity index (χ1n) is 4.48. The summed E-state index contributed by atoms with van der Waals surface area (Å²) in [6.07, 6.45) is 3.18. The Balaban J connectivity index is 2.47. The summed E-state index contributed by atoms with van der Waals surface area (Å²) in [5.74, 6) is 0.707. The molecule has 5 heteroatoms. The number of nitrogens with two attached hydrogens (primary N) is 1. The first-order chi connectivity index (χ1) is 7.31. The van der Waals surface area contributed by atoms with Gasteiger partial charge < -0.3 is 10.5 Å². The zero-order valence-electron chi connectivity index (χ0n) is 8.13. The molecule has 2 N–H and O–H groups in total. The highest BCUT2D eigenvalue weighted by Crippen LogP contribution is 2.24. The molecule has 5 nitrogen and oxygen atoms in total. The molecule has 1 heterocycles. The number of hydrogen-bond donors (Lipinski definition) is 1. The van der Waals surface area contributed by atoms with Crippen LogP contribution in [0.1, 0.15) is 0 Å². The molecule has 0 aliphatic heterocycles. The van der Waals surface area contributed by atoms with Gasteiger partial charge in [0.15, 0.2) is 0 Å². The molecule has 0 aliphatic rings. The summed E-state index contributed by atoms with van der Waals surface area (Å²) in [5, 5.41) is 7.46. The predicted octanol–water partition coefficient (Wildman–Crippen LogP) is 1.06. The average Bonchev–Trinajstić information content (AvgIpc) is 2.74. The molecular formula is C10H11N4O. The number of ether oxygens (including phenoxy) is 1. The van der Waals surface area contributed by atoms with Crippen LogP contribution in [-0.2, 0) is 0 Å². The number of anilines is 1. The molecule has 0 saturated heterocycles. The van der Waals surface area contributed by atoms with E-state index in [4.69, 9.17) is 10.5 Å². The Bertz CT molecular complexity index is 439. The first-order valence-corrected chi connectivity index (χ1v) is 4.48. The van der Waals surface area contributed by atoms with Gasteiger partial charge in [-0.2, -0.15) is 0 Å². The van der Waals surface area contributed by atoms with Gasteiger partial charge in [0.05, 0.1) is 12.3 Å². The quantitative estimate of drug-likeness (QED) is 0.757. The van der Waals surface area contributed by atoms with Gasteiger partial charge in [-0.15, -0.1) is 10.2 Å². The SMILES string of the molecule is [CH2]COc1ccc(N)cc1-n1cnnc1. The van der Waals surface area contributed by atoms with Crippen molar-refractivity contribution in [2.45, 2.75) is 0 Å². The summed E-state index contributed by atoms with van der Waals surface area (Å²) in [4.78, 5) is 0. The van der Waals surface area contributed by atoms with Gasteiger partial charge in [0.2, 0.25) is 0 Å². The summed E-state index contributed by atoms with van der Waals surface area (Å²) >= 11 is 0. The Morgan fingerprint density at radius 2 is 2.07 bits per heavy atom. The molecule has 0 saturated carbocycles. The number of rotatable bonds is 3. The summed E-state index contributed by atoms with van der Waals surface area (Å²) in [6.45, 7) is 3.99. The second kappa shape index (κ2) is 4.00. The van der Waals surface area contributed by atoms with Crippen LogP contribution >= 0.6 is 0 Å². The molecule has 1 aromatic heterocycles. The van der Waals surface area contributed by atoms with E-state index in [1.807, 2.05) is 0 Å². The third-order valence-corrected chi connectivity index (χ3v) is 1.94. The standard InChI is InChI=1S/C10H11N4O/c1-2-15-10-4-3-8(11)5-9(10)14-6-12-13-7-14/h3-7H,1-2,11H2. The van der Waals surface area contributed by atoms with Gasteiger partial charge in [0, 0.05) is 5.69 Å². The molecular weight excluding hydrogens is 192 g/mol. The van der Waals surface area contributed by atoms with Crippen molar-refractivity contribution >= 4 is 5.69 Å². The van der Waals surface area contributed by atoms with Crippen LogP contribution in [0.25, 0.3) is 5.69 Å². The molecule has 0 spiro atoms. The van der Waals surface area contributed by atoms with E-state index < -0.39 is 0 Å². The highest BCUT2D eigenvalue weighted by molar-refractivity contribution is 5.56. The van der Waals surface area contributed by atoms with Crippen LogP contribution in [-0.4, -0.2) is 21.4 Å². The van der Waals surface area contributed by atoms with Crippen LogP contribution in [0, 0.1) is 6.92 Å². The lowest BCUT2D eigenvalue weighted by molar-refractivity contribution is 0.360. The third-order valence-electron chi connectivity index (χ3n) is 1.94. The van der Waals surface area contributed by atoms with Gasteiger partial charge in [0.1, 0.15) is 18.4 Å². The minimum atomic E-state index is 0.360. The molecule has 1 radical (unpaired) electrons. The summed E-state index contributed by atoms with van der Waals surface area (Å²) in [5.41, 5.74) is 7.18. The van der Waals surface area contributed by atoms with Crippen molar-refractivity contribution < 1.29 is 4.74 Å². The zero-order valence-corrected chi connectivity index (χ0v) is 8.13. The van der Waals surface area contributed by atoms with E-state index in [0.717, 1.165) is 5.69 Å². The Morgan fingerprint density at radius 1 is 1.33 bits per heavy atom. The zero-order chi connectivity index (χ0) is 10.7. The van der Waals surface area contributed by atoms with Gasteiger partial charge in [-0.3, -0.25) is 4.57 Å². The third kappa shape index (κ3) is 1.90. The second-order valence-corrected chi connectivity index (χ2v) is 2.94. The molecule has 77 valence electrons. The molecule has 1 aromatic carbocycles. The lowest BCUT2D eigenvalue weighted by Gasteiger charge is -2.10. The lowest BCUT2D eigenvalue weighted by atomic mass is 10.2. The van der Waals surface area contributed by atoms with E-state index in [2.05, 4.69) is 17.1 Å². The van der Waals surface area contributed by atoms with Gasteiger partial charge in [-0.05, 0) is 25.1 Å². The van der Waals surface area contributed by atoms with Gasteiger partial charge in [-0.1, -0.05) is 0 Å². The minimum Gasteiger partial charge on any atom is -0.491 e. The maximum Gasteiger partial charge on any atom is 0.143 e. The van der Waals surface area contributed by atoms with Crippen molar-refractivity contribution in [2.24, 2.45) is 0 Å². The van der Waals surface area contributed by atoms with Crippen molar-refractivity contribution in [3.63, 3.8) is 0 Å². The van der Waals surface area contributed by atoms with Crippen LogP contribution in [0.3, 0.4) is 0 Å². The first kappa shape index (κ1) is 9.51. The van der Waals surface area contributed by atoms with Crippen molar-refractivity contribution in [1.82, 2.24) is 14.8 Å². The lowest BCUT2D eigenvalue weighted by Crippen LogP contribution is -2.00. The predicted molar refractivity (Wildman–Crippen MR) is 56.6 cm³/mol. The van der Waals surface area contributed by atoms with Crippen LogP contribution < -0.4 is 10.5 Å². The maximum absolute atomic E-state index is 5.70. The van der Waals surface area contributed by atoms with E-state index in [-0.39, 0.29) is 0 Å². The molecule has 2 rings (SSSR count). The Labute approximate surface area is 87.5 Å². The van der Waals surface area contributed by atoms with Gasteiger partial charge in [-0.25, -0.2) is 0 Å². The highest BCUT2D eigenvalue weighted by Gasteiger charge is 2.05. The van der Waals surface area contributed by atoms with E-state index >= 15 is 0 Å². The molecule has 2 aromatic rings. The molecule has 0 aliphatic carbocycles. The smallest absolute Gasteiger partial charge is 0.143 e. The number of benzene rings is 1. The summed E-state index contributed by atoms with van der Waals surface area (Å²) in [6, 6.07) is 5.38. The largest absolute Gasteiger partial charge is 0.491 e. The van der Waals surface area contributed by atoms with Gasteiger partial charge in [0.25, 0.3) is 0 Å². The van der Waals surface area contributed by atoms with Crippen molar-refractivity contribution in [3.05, 3.63) is 37.8 Å². The number of nitrogen functional groups attached to an aromatic ring is 1. The van der Waals surface area contributed by atoms with E-state index in [1.165, 1.54) is 0 Å². The topological polar surface area (TPSA) is 66.0 Å². The van der Waals surface area contributed by atoms with E-state index in [1.54, 1.807) is 35.4 Å². The molecule has 0 bridgehead atoms. The van der Waals surface area contributed by atoms with Crippen molar-refractivity contribution in [3.8, 4) is 11.4 Å². The summed E-state index contributed by atoms with van der Waals surface area (Å²) < 4.78 is 7.11. The molecule has 0 amide bonds. The molecule has 0 atom stereocenters. The normalized spacial score (nSPS) is 10.2. The fourth-order valence-electron chi connectivity index (χ4n) is 1.29. The van der Waals surface area contributed by atoms with Crippen LogP contribution in [0.15, 0.2) is 30.9 Å². The van der Waals surface area contributed by atoms with Crippen LogP contribution in [0.5, 0.6) is 5.75 Å². The fourth-order valence-corrected chi connectivity index (χ4v) is 1.29. The molecule has 0 fully saturated rings. The second-order valence-electron chi connectivity index (χ2n) is 2.94. The number of aromatic nitrogens is 3. The van der Waals surface area contributed by atoms with Crippen LogP contribution in [0.4, 0.5) is 5.69 Å². The summed E-state index contributed by atoms with van der Waals surface area (Å²) in [7, 11) is 0. The number of hydrogen-bond acceptors (Lipinski definition) is 4. The van der Waals surface area contributed by atoms with Crippen LogP contribution in [0.2, 0.25) is 0 Å². The van der Waals surface area contributed by atoms with Crippen molar-refractivity contribution in [2.75, 3.05) is 12.3 Å². The fraction of sp³-hybridized carbons (Fsp3) is 0.100. The van der Waals surface area contributed by atoms with Crippen molar-refractivity contribution in [1.29, 1.82) is 0 Å². The minimum absolute atomic E-state index is 0.360. The molecule has 15 heavy (non-hydrogen) atoms. The number of nitrogens with zero attached hydrogens (tertiary/aromatic N) is 3.